The quantitative estimate of drug-likeness (QED) is 0.725. The van der Waals surface area contributed by atoms with Crippen molar-refractivity contribution < 1.29 is 19.1 Å². The molecule has 1 saturated heterocycles. The Balaban J connectivity index is 3.03. The first-order valence-corrected chi connectivity index (χ1v) is 6.14. The molecule has 0 aliphatic carbocycles. The first-order valence-electron chi connectivity index (χ1n) is 6.14. The van der Waals surface area contributed by atoms with Crippen LogP contribution in [0.3, 0.4) is 0 Å². The first kappa shape index (κ1) is 14.6. The third-order valence-electron chi connectivity index (χ3n) is 3.84. The van der Waals surface area contributed by atoms with Gasteiger partial charge in [-0.05, 0) is 12.8 Å². The smallest absolute Gasteiger partial charge is 0.438 e. The van der Waals surface area contributed by atoms with E-state index in [2.05, 4.69) is 4.74 Å². The van der Waals surface area contributed by atoms with E-state index in [0.717, 1.165) is 12.8 Å². The van der Waals surface area contributed by atoms with Crippen LogP contribution in [0.1, 0.15) is 26.7 Å². The summed E-state index contributed by atoms with van der Waals surface area (Å²) in [6.07, 6.45) is 0.291. The van der Waals surface area contributed by atoms with Crippen molar-refractivity contribution in [1.29, 1.82) is 0 Å². The maximum atomic E-state index is 11.9. The van der Waals surface area contributed by atoms with Crippen molar-refractivity contribution in [3.63, 3.8) is 0 Å². The molecule has 0 aromatic rings. The summed E-state index contributed by atoms with van der Waals surface area (Å²) in [5.41, 5.74) is -0.258. The highest BCUT2D eigenvalue weighted by Crippen LogP contribution is 2.38. The number of nitrogens with zero attached hydrogens (tertiary/aromatic N) is 2. The number of urea groups is 1. The first-order chi connectivity index (χ1) is 8.41. The Morgan fingerprint density at radius 2 is 1.94 bits per heavy atom. The molecule has 1 aliphatic rings. The number of hydrogen-bond donors (Lipinski definition) is 0. The Hall–Kier alpha value is -1.46. The van der Waals surface area contributed by atoms with Crippen LogP contribution in [0.25, 0.3) is 0 Å². The van der Waals surface area contributed by atoms with Crippen LogP contribution in [-0.4, -0.2) is 56.0 Å². The molecule has 2 amide bonds. The molecular weight excluding hydrogens is 236 g/mol. The van der Waals surface area contributed by atoms with Gasteiger partial charge in [-0.1, -0.05) is 13.8 Å². The zero-order valence-electron chi connectivity index (χ0n) is 11.7. The van der Waals surface area contributed by atoms with E-state index in [9.17, 15) is 9.59 Å². The fourth-order valence-corrected chi connectivity index (χ4v) is 2.56. The molecule has 0 saturated carbocycles. The summed E-state index contributed by atoms with van der Waals surface area (Å²) in [5.74, 6) is 0. The summed E-state index contributed by atoms with van der Waals surface area (Å²) in [5, 5.41) is 0. The largest absolute Gasteiger partial charge is 0.509 e. The van der Waals surface area contributed by atoms with Gasteiger partial charge in [0.2, 0.25) is 0 Å². The molecule has 104 valence electrons. The fraction of sp³-hybridized carbons (Fsp3) is 0.833. The molecule has 6 nitrogen and oxygen atoms in total. The van der Waals surface area contributed by atoms with E-state index in [1.807, 2.05) is 13.8 Å². The van der Waals surface area contributed by atoms with Gasteiger partial charge in [0, 0.05) is 26.1 Å². The van der Waals surface area contributed by atoms with Gasteiger partial charge < -0.3 is 14.4 Å². The molecule has 0 bridgehead atoms. The van der Waals surface area contributed by atoms with Gasteiger partial charge in [-0.2, -0.15) is 0 Å². The van der Waals surface area contributed by atoms with Crippen LogP contribution in [0.4, 0.5) is 9.59 Å². The highest BCUT2D eigenvalue weighted by atomic mass is 16.7. The zero-order chi connectivity index (χ0) is 13.9. The lowest BCUT2D eigenvalue weighted by Gasteiger charge is -2.49. The van der Waals surface area contributed by atoms with Crippen molar-refractivity contribution in [2.45, 2.75) is 32.9 Å². The molecule has 1 atom stereocenters. The minimum absolute atomic E-state index is 0.151. The van der Waals surface area contributed by atoms with Crippen LogP contribution >= 0.6 is 0 Å². The molecule has 18 heavy (non-hydrogen) atoms. The van der Waals surface area contributed by atoms with Gasteiger partial charge in [-0.25, -0.2) is 9.59 Å². The van der Waals surface area contributed by atoms with Gasteiger partial charge >= 0.3 is 12.2 Å². The second kappa shape index (κ2) is 5.46. The van der Waals surface area contributed by atoms with Crippen molar-refractivity contribution >= 4 is 12.2 Å². The number of carbonyl (C=O) groups is 2. The van der Waals surface area contributed by atoms with E-state index >= 15 is 0 Å². The Morgan fingerprint density at radius 3 is 2.39 bits per heavy atom. The summed E-state index contributed by atoms with van der Waals surface area (Å²) in [7, 11) is 4.66. The van der Waals surface area contributed by atoms with Crippen molar-refractivity contribution in [1.82, 2.24) is 9.80 Å². The monoisotopic (exact) mass is 258 g/mol. The highest BCUT2D eigenvalue weighted by Gasteiger charge is 2.48. The molecule has 1 aliphatic heterocycles. The van der Waals surface area contributed by atoms with E-state index in [-0.39, 0.29) is 11.4 Å². The SMILES string of the molecule is CCC1(CC)CN(C)C(=O)N(C)C1OC(=O)OC. The maximum absolute atomic E-state index is 11.9. The average molecular weight is 258 g/mol. The number of methoxy groups -OCH3 is 1. The lowest BCUT2D eigenvalue weighted by atomic mass is 9.78. The molecule has 1 unspecified atom stereocenters. The minimum Gasteiger partial charge on any atom is -0.438 e. The molecule has 0 spiro atoms. The van der Waals surface area contributed by atoms with E-state index < -0.39 is 12.4 Å². The molecule has 0 aromatic carbocycles. The predicted molar refractivity (Wildman–Crippen MR) is 66.1 cm³/mol. The van der Waals surface area contributed by atoms with E-state index in [0.29, 0.717) is 6.54 Å². The normalized spacial score (nSPS) is 22.9. The topological polar surface area (TPSA) is 59.1 Å². The Bertz CT molecular complexity index is 328. The number of rotatable bonds is 3. The van der Waals surface area contributed by atoms with Crippen LogP contribution in [0.5, 0.6) is 0 Å². The molecule has 0 aromatic heterocycles. The minimum atomic E-state index is -0.754. The van der Waals surface area contributed by atoms with E-state index in [4.69, 9.17) is 4.74 Å². The second-order valence-electron chi connectivity index (χ2n) is 4.74. The second-order valence-corrected chi connectivity index (χ2v) is 4.74. The van der Waals surface area contributed by atoms with Crippen molar-refractivity contribution in [2.75, 3.05) is 27.7 Å². The van der Waals surface area contributed by atoms with Gasteiger partial charge in [-0.15, -0.1) is 0 Å². The molecule has 0 N–H and O–H groups in total. The van der Waals surface area contributed by atoms with Crippen molar-refractivity contribution in [3.05, 3.63) is 0 Å². The third-order valence-corrected chi connectivity index (χ3v) is 3.84. The number of hydrogen-bond acceptors (Lipinski definition) is 4. The molecular formula is C12H22N2O4. The van der Waals surface area contributed by atoms with Gasteiger partial charge in [0.05, 0.1) is 7.11 Å². The van der Waals surface area contributed by atoms with Gasteiger partial charge in [0.15, 0.2) is 6.23 Å². The molecule has 1 heterocycles. The van der Waals surface area contributed by atoms with E-state index in [1.165, 1.54) is 12.0 Å². The van der Waals surface area contributed by atoms with Crippen LogP contribution < -0.4 is 0 Å². The third kappa shape index (κ3) is 2.37. The van der Waals surface area contributed by atoms with Crippen LogP contribution in [0, 0.1) is 5.41 Å². The number of ether oxygens (including phenoxy) is 2. The Kier molecular flexibility index (Phi) is 4.43. The molecule has 0 radical (unpaired) electrons. The fourth-order valence-electron chi connectivity index (χ4n) is 2.56. The van der Waals surface area contributed by atoms with Gasteiger partial charge in [0.1, 0.15) is 0 Å². The zero-order valence-corrected chi connectivity index (χ0v) is 11.7. The van der Waals surface area contributed by atoms with E-state index in [1.54, 1.807) is 19.0 Å². The average Bonchev–Trinajstić information content (AvgIpc) is 2.39. The molecule has 6 heteroatoms. The Labute approximate surface area is 108 Å². The highest BCUT2D eigenvalue weighted by molar-refractivity contribution is 5.75. The van der Waals surface area contributed by atoms with Crippen LogP contribution in [-0.2, 0) is 9.47 Å². The standard InChI is InChI=1S/C12H22N2O4/c1-6-12(7-2)8-13(3)10(15)14(4)9(12)18-11(16)17-5/h9H,6-8H2,1-5H3. The van der Waals surface area contributed by atoms with Crippen LogP contribution in [0.2, 0.25) is 0 Å². The summed E-state index contributed by atoms with van der Waals surface area (Å²) < 4.78 is 9.82. The Morgan fingerprint density at radius 1 is 1.39 bits per heavy atom. The maximum Gasteiger partial charge on any atom is 0.509 e. The van der Waals surface area contributed by atoms with Crippen molar-refractivity contribution in [3.8, 4) is 0 Å². The molecule has 1 fully saturated rings. The summed E-state index contributed by atoms with van der Waals surface area (Å²) in [6, 6.07) is -0.151. The number of carbonyl (C=O) groups excluding carboxylic acids is 2. The summed E-state index contributed by atoms with van der Waals surface area (Å²) in [6.45, 7) is 4.65. The van der Waals surface area contributed by atoms with Gasteiger partial charge in [0.25, 0.3) is 0 Å². The lowest BCUT2D eigenvalue weighted by Crippen LogP contribution is -2.63. The van der Waals surface area contributed by atoms with Gasteiger partial charge in [-0.3, -0.25) is 4.90 Å². The lowest BCUT2D eigenvalue weighted by molar-refractivity contribution is -0.120. The van der Waals surface area contributed by atoms with Crippen LogP contribution in [0.15, 0.2) is 0 Å². The van der Waals surface area contributed by atoms with Crippen molar-refractivity contribution in [2.24, 2.45) is 5.41 Å². The predicted octanol–water partition coefficient (Wildman–Crippen LogP) is 1.90. The number of amides is 2. The summed E-state index contributed by atoms with van der Waals surface area (Å²) in [4.78, 5) is 26.4. The molecule has 1 rings (SSSR count). The summed E-state index contributed by atoms with van der Waals surface area (Å²) >= 11 is 0.